The number of hydrogen-bond donors (Lipinski definition) is 0. The predicted octanol–water partition coefficient (Wildman–Crippen LogP) is 4.57. The van der Waals surface area contributed by atoms with Crippen LogP contribution in [0.15, 0.2) is 36.4 Å². The monoisotopic (exact) mass is 363 g/mol. The number of methoxy groups -OCH3 is 1. The van der Waals surface area contributed by atoms with Crippen molar-refractivity contribution in [2.24, 2.45) is 0 Å². The number of anilines is 1. The molecule has 0 radical (unpaired) electrons. The van der Waals surface area contributed by atoms with Gasteiger partial charge in [0.2, 0.25) is 0 Å². The molecule has 1 aliphatic heterocycles. The van der Waals surface area contributed by atoms with E-state index >= 15 is 0 Å². The van der Waals surface area contributed by atoms with E-state index in [9.17, 15) is 4.79 Å². The normalized spacial score (nSPS) is 17.2. The molecular formula is C18H15Cl2NO3. The maximum absolute atomic E-state index is 13.1. The smallest absolute Gasteiger partial charge is 0.258 e. The van der Waals surface area contributed by atoms with E-state index in [0.29, 0.717) is 27.9 Å². The Morgan fingerprint density at radius 1 is 1.21 bits per heavy atom. The number of fused-ring (bicyclic) bond motifs is 1. The van der Waals surface area contributed by atoms with E-state index in [1.807, 2.05) is 24.3 Å². The Kier molecular flexibility index (Phi) is 3.62. The van der Waals surface area contributed by atoms with Crippen LogP contribution in [-0.4, -0.2) is 25.2 Å². The van der Waals surface area contributed by atoms with Crippen molar-refractivity contribution in [2.45, 2.75) is 18.4 Å². The molecule has 0 unspecified atom stereocenters. The number of para-hydroxylation sites is 2. The Bertz CT molecular complexity index is 810. The van der Waals surface area contributed by atoms with Gasteiger partial charge >= 0.3 is 0 Å². The van der Waals surface area contributed by atoms with Crippen LogP contribution in [0.25, 0.3) is 0 Å². The molecule has 24 heavy (non-hydrogen) atoms. The molecule has 124 valence electrons. The number of halogens is 2. The summed E-state index contributed by atoms with van der Waals surface area (Å²) in [5.41, 5.74) is 0.950. The topological polar surface area (TPSA) is 38.8 Å². The molecule has 4 nitrogen and oxygen atoms in total. The maximum Gasteiger partial charge on any atom is 0.258 e. The van der Waals surface area contributed by atoms with Crippen molar-refractivity contribution in [3.05, 3.63) is 52.0 Å². The van der Waals surface area contributed by atoms with Crippen molar-refractivity contribution in [3.8, 4) is 11.5 Å². The molecule has 1 saturated carbocycles. The van der Waals surface area contributed by atoms with Gasteiger partial charge in [0.15, 0.2) is 5.75 Å². The van der Waals surface area contributed by atoms with Gasteiger partial charge in [-0.1, -0.05) is 35.3 Å². The molecule has 1 aliphatic carbocycles. The molecule has 0 N–H and O–H groups in total. The van der Waals surface area contributed by atoms with Gasteiger partial charge in [-0.05, 0) is 37.1 Å². The van der Waals surface area contributed by atoms with Gasteiger partial charge in [0.05, 0.1) is 29.4 Å². The highest BCUT2D eigenvalue weighted by molar-refractivity contribution is 6.37. The molecule has 0 atom stereocenters. The molecule has 4 rings (SSSR count). The minimum atomic E-state index is -0.246. The lowest BCUT2D eigenvalue weighted by Gasteiger charge is -2.35. The SMILES string of the molecule is COc1c(Cl)cc(C(=O)N2CC3(CC3)Oc3ccccc32)cc1Cl. The lowest BCUT2D eigenvalue weighted by molar-refractivity contribution is 0.0943. The summed E-state index contributed by atoms with van der Waals surface area (Å²) in [6.07, 6.45) is 1.91. The Morgan fingerprint density at radius 3 is 2.50 bits per heavy atom. The van der Waals surface area contributed by atoms with E-state index < -0.39 is 0 Å². The van der Waals surface area contributed by atoms with E-state index in [-0.39, 0.29) is 11.5 Å². The summed E-state index contributed by atoms with van der Waals surface area (Å²) < 4.78 is 11.2. The van der Waals surface area contributed by atoms with Crippen LogP contribution in [0.2, 0.25) is 10.0 Å². The van der Waals surface area contributed by atoms with Gasteiger partial charge in [0.1, 0.15) is 11.4 Å². The highest BCUT2D eigenvalue weighted by Crippen LogP contribution is 2.48. The second-order valence-corrected chi connectivity index (χ2v) is 6.93. The van der Waals surface area contributed by atoms with Crippen LogP contribution in [0.5, 0.6) is 11.5 Å². The average Bonchev–Trinajstić information content (AvgIpc) is 3.31. The Morgan fingerprint density at radius 2 is 1.88 bits per heavy atom. The average molecular weight is 364 g/mol. The third kappa shape index (κ3) is 2.50. The molecular weight excluding hydrogens is 349 g/mol. The lowest BCUT2D eigenvalue weighted by Crippen LogP contribution is -2.45. The number of nitrogens with zero attached hydrogens (tertiary/aromatic N) is 1. The lowest BCUT2D eigenvalue weighted by atomic mass is 10.1. The van der Waals surface area contributed by atoms with E-state index in [2.05, 4.69) is 0 Å². The first kappa shape index (κ1) is 15.6. The van der Waals surface area contributed by atoms with Crippen molar-refractivity contribution in [3.63, 3.8) is 0 Å². The summed E-state index contributed by atoms with van der Waals surface area (Å²) in [6.45, 7) is 0.532. The first-order chi connectivity index (χ1) is 11.5. The number of carbonyl (C=O) groups excluding carboxylic acids is 1. The van der Waals surface area contributed by atoms with Crippen LogP contribution in [0.1, 0.15) is 23.2 Å². The molecule has 1 amide bonds. The molecule has 1 spiro atoms. The van der Waals surface area contributed by atoms with Crippen molar-refractivity contribution in [2.75, 3.05) is 18.6 Å². The first-order valence-corrected chi connectivity index (χ1v) is 8.41. The first-order valence-electron chi connectivity index (χ1n) is 7.66. The molecule has 2 aromatic rings. The largest absolute Gasteiger partial charge is 0.494 e. The molecule has 2 aliphatic rings. The van der Waals surface area contributed by atoms with Crippen molar-refractivity contribution < 1.29 is 14.3 Å². The highest BCUT2D eigenvalue weighted by atomic mass is 35.5. The zero-order chi connectivity index (χ0) is 16.9. The maximum atomic E-state index is 13.1. The van der Waals surface area contributed by atoms with Gasteiger partial charge in [-0.15, -0.1) is 0 Å². The summed E-state index contributed by atoms with van der Waals surface area (Å²) in [5.74, 6) is 0.958. The molecule has 6 heteroatoms. The van der Waals surface area contributed by atoms with Gasteiger partial charge in [-0.2, -0.15) is 0 Å². The number of rotatable bonds is 2. The summed E-state index contributed by atoms with van der Waals surface area (Å²) in [5, 5.41) is 0.632. The molecule has 0 aromatic heterocycles. The number of amides is 1. The number of hydrogen-bond acceptors (Lipinski definition) is 3. The van der Waals surface area contributed by atoms with Crippen LogP contribution in [0.4, 0.5) is 5.69 Å². The summed E-state index contributed by atoms with van der Waals surface area (Å²) in [6, 6.07) is 10.8. The Hall–Kier alpha value is -1.91. The van der Waals surface area contributed by atoms with Crippen LogP contribution < -0.4 is 14.4 Å². The van der Waals surface area contributed by atoms with Gasteiger partial charge in [-0.25, -0.2) is 0 Å². The van der Waals surface area contributed by atoms with Crippen molar-refractivity contribution in [1.29, 1.82) is 0 Å². The van der Waals surface area contributed by atoms with E-state index in [0.717, 1.165) is 24.3 Å². The standard InChI is InChI=1S/C18H15Cl2NO3/c1-23-16-12(19)8-11(9-13(16)20)17(22)21-10-18(6-7-18)24-15-5-3-2-4-14(15)21/h2-5,8-9H,6-7,10H2,1H3. The Balaban J connectivity index is 1.75. The fourth-order valence-corrected chi connectivity index (χ4v) is 3.66. The second-order valence-electron chi connectivity index (χ2n) is 6.12. The molecule has 0 saturated heterocycles. The van der Waals surface area contributed by atoms with Gasteiger partial charge < -0.3 is 14.4 Å². The van der Waals surface area contributed by atoms with Crippen LogP contribution in [0.3, 0.4) is 0 Å². The summed E-state index contributed by atoms with van der Waals surface area (Å²) in [7, 11) is 1.49. The minimum absolute atomic E-state index is 0.150. The van der Waals surface area contributed by atoms with E-state index in [1.54, 1.807) is 17.0 Å². The molecule has 1 fully saturated rings. The van der Waals surface area contributed by atoms with Crippen LogP contribution >= 0.6 is 23.2 Å². The predicted molar refractivity (Wildman–Crippen MR) is 93.7 cm³/mol. The van der Waals surface area contributed by atoms with Crippen molar-refractivity contribution in [1.82, 2.24) is 0 Å². The van der Waals surface area contributed by atoms with Crippen LogP contribution in [-0.2, 0) is 0 Å². The third-order valence-electron chi connectivity index (χ3n) is 4.43. The van der Waals surface area contributed by atoms with Gasteiger partial charge in [0, 0.05) is 5.56 Å². The third-order valence-corrected chi connectivity index (χ3v) is 4.99. The number of ether oxygens (including phenoxy) is 2. The molecule has 0 bridgehead atoms. The van der Waals surface area contributed by atoms with Crippen molar-refractivity contribution >= 4 is 34.8 Å². The Labute approximate surface area is 149 Å². The number of benzene rings is 2. The summed E-state index contributed by atoms with van der Waals surface area (Å²) >= 11 is 12.4. The van der Waals surface area contributed by atoms with Gasteiger partial charge in [-0.3, -0.25) is 4.79 Å². The zero-order valence-electron chi connectivity index (χ0n) is 13.0. The van der Waals surface area contributed by atoms with Gasteiger partial charge in [0.25, 0.3) is 5.91 Å². The summed E-state index contributed by atoms with van der Waals surface area (Å²) in [4.78, 5) is 14.8. The molecule has 2 aromatic carbocycles. The van der Waals surface area contributed by atoms with E-state index in [1.165, 1.54) is 7.11 Å². The van der Waals surface area contributed by atoms with E-state index in [4.69, 9.17) is 32.7 Å². The fraction of sp³-hybridized carbons (Fsp3) is 0.278. The second kappa shape index (κ2) is 5.57. The van der Waals surface area contributed by atoms with Crippen LogP contribution in [0, 0.1) is 0 Å². The minimum Gasteiger partial charge on any atom is -0.494 e. The quantitative estimate of drug-likeness (QED) is 0.783. The fourth-order valence-electron chi connectivity index (χ4n) is 3.02. The number of carbonyl (C=O) groups is 1. The molecule has 1 heterocycles. The highest BCUT2D eigenvalue weighted by Gasteiger charge is 2.51. The zero-order valence-corrected chi connectivity index (χ0v) is 14.5.